The first-order chi connectivity index (χ1) is 17.1. The molecule has 1 amide bonds. The van der Waals surface area contributed by atoms with Crippen molar-refractivity contribution < 1.29 is 18.7 Å². The van der Waals surface area contributed by atoms with Crippen LogP contribution in [0, 0.1) is 0 Å². The Hall–Kier alpha value is -4.06. The van der Waals surface area contributed by atoms with Gasteiger partial charge in [0.1, 0.15) is 17.1 Å². The van der Waals surface area contributed by atoms with E-state index in [0.717, 1.165) is 30.6 Å². The van der Waals surface area contributed by atoms with Crippen LogP contribution in [0.3, 0.4) is 0 Å². The van der Waals surface area contributed by atoms with Crippen LogP contribution in [0.25, 0.3) is 11.0 Å². The Morgan fingerprint density at radius 1 is 0.886 bits per heavy atom. The van der Waals surface area contributed by atoms with Crippen LogP contribution < -0.4 is 19.8 Å². The summed E-state index contributed by atoms with van der Waals surface area (Å²) in [5.74, 6) is 1.17. The summed E-state index contributed by atoms with van der Waals surface area (Å²) in [6.07, 6.45) is 3.26. The Balaban J connectivity index is 1.60. The first kappa shape index (κ1) is 22.7. The number of anilines is 1. The van der Waals surface area contributed by atoms with Crippen molar-refractivity contribution in [1.29, 1.82) is 0 Å². The van der Waals surface area contributed by atoms with Gasteiger partial charge in [-0.15, -0.1) is 0 Å². The van der Waals surface area contributed by atoms with Crippen LogP contribution in [-0.4, -0.2) is 19.6 Å². The van der Waals surface area contributed by atoms with Crippen LogP contribution in [0.15, 0.2) is 82.0 Å². The van der Waals surface area contributed by atoms with Gasteiger partial charge in [-0.05, 0) is 60.5 Å². The molecule has 0 saturated carbocycles. The number of carbonyl (C=O) groups excluding carboxylic acids is 1. The number of ether oxygens (including phenoxy) is 2. The molecule has 1 atom stereocenters. The maximum absolute atomic E-state index is 13.6. The lowest BCUT2D eigenvalue weighted by Gasteiger charge is -2.25. The monoisotopic (exact) mass is 469 g/mol. The normalized spacial score (nSPS) is 14.9. The average Bonchev–Trinajstić information content (AvgIpc) is 3.19. The fourth-order valence-corrected chi connectivity index (χ4v) is 4.53. The van der Waals surface area contributed by atoms with Crippen molar-refractivity contribution in [3.8, 4) is 11.5 Å². The molecule has 6 heteroatoms. The number of rotatable bonds is 8. The number of hydrogen-bond donors (Lipinski definition) is 0. The Kier molecular flexibility index (Phi) is 6.27. The summed E-state index contributed by atoms with van der Waals surface area (Å²) >= 11 is 0. The fourth-order valence-electron chi connectivity index (χ4n) is 4.53. The second-order valence-electron chi connectivity index (χ2n) is 8.57. The molecule has 4 aromatic rings. The van der Waals surface area contributed by atoms with Gasteiger partial charge in [0, 0.05) is 5.69 Å². The standard InChI is InChI=1S/C29H27NO5/c1-3-4-7-18-34-22-14-10-19(11-15-22)26-25-27(31)23-8-5-6-9-24(23)35-28(25)29(32)30(26)20-12-16-21(33-2)17-13-20/h5-6,8-17,26H,3-4,7,18H2,1-2H3. The molecule has 0 N–H and O–H groups in total. The van der Waals surface area contributed by atoms with Crippen molar-refractivity contribution >= 4 is 22.6 Å². The first-order valence-corrected chi connectivity index (χ1v) is 11.9. The van der Waals surface area contributed by atoms with Crippen molar-refractivity contribution in [3.05, 3.63) is 99.9 Å². The predicted octanol–water partition coefficient (Wildman–Crippen LogP) is 6.12. The predicted molar refractivity (Wildman–Crippen MR) is 136 cm³/mol. The van der Waals surface area contributed by atoms with E-state index in [4.69, 9.17) is 13.9 Å². The minimum absolute atomic E-state index is 0.0782. The number of para-hydroxylation sites is 1. The summed E-state index contributed by atoms with van der Waals surface area (Å²) < 4.78 is 17.1. The molecule has 3 aromatic carbocycles. The summed E-state index contributed by atoms with van der Waals surface area (Å²) in [7, 11) is 1.59. The molecule has 0 bridgehead atoms. The average molecular weight is 470 g/mol. The van der Waals surface area contributed by atoms with Gasteiger partial charge in [0.15, 0.2) is 5.43 Å². The third-order valence-electron chi connectivity index (χ3n) is 6.34. The third-order valence-corrected chi connectivity index (χ3v) is 6.34. The lowest BCUT2D eigenvalue weighted by atomic mass is 9.98. The van der Waals surface area contributed by atoms with E-state index in [2.05, 4.69) is 6.92 Å². The number of benzene rings is 3. The van der Waals surface area contributed by atoms with Gasteiger partial charge in [-0.3, -0.25) is 14.5 Å². The molecule has 5 rings (SSSR count). The van der Waals surface area contributed by atoms with E-state index in [0.29, 0.717) is 34.6 Å². The van der Waals surface area contributed by atoms with Gasteiger partial charge in [0.05, 0.1) is 30.7 Å². The number of methoxy groups -OCH3 is 1. The summed E-state index contributed by atoms with van der Waals surface area (Å²) in [6, 6.07) is 21.2. The van der Waals surface area contributed by atoms with E-state index < -0.39 is 6.04 Å². The Morgan fingerprint density at radius 2 is 1.60 bits per heavy atom. The van der Waals surface area contributed by atoms with Crippen molar-refractivity contribution in [2.45, 2.75) is 32.2 Å². The van der Waals surface area contributed by atoms with Crippen LogP contribution >= 0.6 is 0 Å². The molecular formula is C29H27NO5. The molecule has 0 fully saturated rings. The summed E-state index contributed by atoms with van der Waals surface area (Å²) in [5, 5.41) is 0.455. The molecule has 2 heterocycles. The Labute approximate surface area is 203 Å². The van der Waals surface area contributed by atoms with Crippen molar-refractivity contribution in [2.24, 2.45) is 0 Å². The van der Waals surface area contributed by atoms with Crippen LogP contribution in [0.1, 0.15) is 53.9 Å². The van der Waals surface area contributed by atoms with E-state index in [1.807, 2.05) is 36.4 Å². The summed E-state index contributed by atoms with van der Waals surface area (Å²) in [6.45, 7) is 2.81. The van der Waals surface area contributed by atoms with Crippen LogP contribution in [0.5, 0.6) is 11.5 Å². The highest BCUT2D eigenvalue weighted by Gasteiger charge is 2.43. The van der Waals surface area contributed by atoms with Crippen molar-refractivity contribution in [3.63, 3.8) is 0 Å². The Morgan fingerprint density at radius 3 is 2.31 bits per heavy atom. The van der Waals surface area contributed by atoms with Gasteiger partial charge in [-0.2, -0.15) is 0 Å². The SMILES string of the molecule is CCCCCOc1ccc(C2c3c(oc4ccccc4c3=O)C(=O)N2c2ccc(OC)cc2)cc1. The lowest BCUT2D eigenvalue weighted by Crippen LogP contribution is -2.29. The number of hydrogen-bond acceptors (Lipinski definition) is 5. The topological polar surface area (TPSA) is 69.0 Å². The molecule has 1 aliphatic rings. The number of amides is 1. The zero-order valence-electron chi connectivity index (χ0n) is 19.8. The smallest absolute Gasteiger partial charge is 0.295 e. The highest BCUT2D eigenvalue weighted by molar-refractivity contribution is 6.10. The number of carbonyl (C=O) groups is 1. The van der Waals surface area contributed by atoms with Crippen LogP contribution in [0.2, 0.25) is 0 Å². The molecule has 1 aromatic heterocycles. The largest absolute Gasteiger partial charge is 0.497 e. The van der Waals surface area contributed by atoms with E-state index in [1.54, 1.807) is 48.4 Å². The van der Waals surface area contributed by atoms with Gasteiger partial charge < -0.3 is 13.9 Å². The molecule has 0 aliphatic carbocycles. The minimum Gasteiger partial charge on any atom is -0.497 e. The fraction of sp³-hybridized carbons (Fsp3) is 0.241. The van der Waals surface area contributed by atoms with Gasteiger partial charge in [0.25, 0.3) is 5.91 Å². The zero-order valence-corrected chi connectivity index (χ0v) is 19.8. The summed E-state index contributed by atoms with van der Waals surface area (Å²) in [5.41, 5.74) is 2.00. The van der Waals surface area contributed by atoms with Gasteiger partial charge in [-0.1, -0.05) is 44.0 Å². The van der Waals surface area contributed by atoms with Gasteiger partial charge >= 0.3 is 0 Å². The molecule has 0 saturated heterocycles. The molecule has 0 radical (unpaired) electrons. The molecule has 35 heavy (non-hydrogen) atoms. The van der Waals surface area contributed by atoms with Gasteiger partial charge in [0.2, 0.25) is 5.76 Å². The van der Waals surface area contributed by atoms with Gasteiger partial charge in [-0.25, -0.2) is 0 Å². The second kappa shape index (κ2) is 9.66. The van der Waals surface area contributed by atoms with Crippen molar-refractivity contribution in [2.75, 3.05) is 18.6 Å². The zero-order chi connectivity index (χ0) is 24.4. The number of nitrogens with zero attached hydrogens (tertiary/aromatic N) is 1. The number of unbranched alkanes of at least 4 members (excludes halogenated alkanes) is 2. The Bertz CT molecular complexity index is 1410. The van der Waals surface area contributed by atoms with E-state index in [1.165, 1.54) is 0 Å². The van der Waals surface area contributed by atoms with Crippen LogP contribution in [-0.2, 0) is 0 Å². The molecule has 0 spiro atoms. The highest BCUT2D eigenvalue weighted by Crippen LogP contribution is 2.41. The van der Waals surface area contributed by atoms with E-state index >= 15 is 0 Å². The summed E-state index contributed by atoms with van der Waals surface area (Å²) in [4.78, 5) is 28.9. The highest BCUT2D eigenvalue weighted by atomic mass is 16.5. The molecule has 1 unspecified atom stereocenters. The van der Waals surface area contributed by atoms with Crippen LogP contribution in [0.4, 0.5) is 5.69 Å². The van der Waals surface area contributed by atoms with E-state index in [-0.39, 0.29) is 17.1 Å². The molecule has 6 nitrogen and oxygen atoms in total. The molecular weight excluding hydrogens is 442 g/mol. The molecule has 1 aliphatic heterocycles. The number of fused-ring (bicyclic) bond motifs is 2. The third kappa shape index (κ3) is 4.16. The lowest BCUT2D eigenvalue weighted by molar-refractivity contribution is 0.0971. The maximum Gasteiger partial charge on any atom is 0.295 e. The second-order valence-corrected chi connectivity index (χ2v) is 8.57. The molecule has 178 valence electrons. The first-order valence-electron chi connectivity index (χ1n) is 11.9. The minimum atomic E-state index is -0.624. The maximum atomic E-state index is 13.6. The van der Waals surface area contributed by atoms with E-state index in [9.17, 15) is 9.59 Å². The van der Waals surface area contributed by atoms with Crippen molar-refractivity contribution in [1.82, 2.24) is 0 Å². The quantitative estimate of drug-likeness (QED) is 0.291.